The number of carbonyl (C=O) groups excluding carboxylic acids is 2. The largest absolute Gasteiger partial charge is 0.392 e. The molecule has 5 nitrogen and oxygen atoms in total. The maximum atomic E-state index is 13.6. The van der Waals surface area contributed by atoms with E-state index in [4.69, 9.17) is 4.74 Å². The van der Waals surface area contributed by atoms with Gasteiger partial charge in [-0.05, 0) is 80.1 Å². The number of carbonyl (C=O) groups is 2. The van der Waals surface area contributed by atoms with Gasteiger partial charge in [0.15, 0.2) is 5.78 Å². The highest BCUT2D eigenvalue weighted by atomic mass is 16.6. The van der Waals surface area contributed by atoms with E-state index < -0.39 is 12.2 Å². The minimum atomic E-state index is -0.596. The number of Topliss-reactive ketones (excluding diaryl/α,β-unsaturated/α-hetero) is 2. The first kappa shape index (κ1) is 25.6. The summed E-state index contributed by atoms with van der Waals surface area (Å²) in [5.74, 6) is 0.793. The molecule has 2 N–H and O–H groups in total. The van der Waals surface area contributed by atoms with Gasteiger partial charge in [-0.3, -0.25) is 9.59 Å². The van der Waals surface area contributed by atoms with Crippen molar-refractivity contribution in [3.63, 3.8) is 0 Å². The van der Waals surface area contributed by atoms with E-state index in [1.165, 1.54) is 0 Å². The second kappa shape index (κ2) is 7.51. The van der Waals surface area contributed by atoms with Crippen LogP contribution in [0.5, 0.6) is 0 Å². The molecule has 4 fully saturated rings. The molecule has 1 heterocycles. The highest BCUT2D eigenvalue weighted by molar-refractivity contribution is 6.00. The third kappa shape index (κ3) is 3.29. The maximum Gasteiger partial charge on any atom is 0.160 e. The van der Waals surface area contributed by atoms with Crippen LogP contribution in [-0.2, 0) is 14.3 Å². The predicted octanol–water partition coefficient (Wildman–Crippen LogP) is 5.02. The fourth-order valence-electron chi connectivity index (χ4n) is 9.98. The lowest BCUT2D eigenvalue weighted by molar-refractivity contribution is -0.208. The molecule has 3 saturated carbocycles. The summed E-state index contributed by atoms with van der Waals surface area (Å²) in [5, 5.41) is 22.6. The van der Waals surface area contributed by atoms with Crippen molar-refractivity contribution >= 4 is 11.6 Å². The van der Waals surface area contributed by atoms with Crippen LogP contribution in [0, 0.1) is 39.4 Å². The monoisotopic (exact) mass is 486 g/mol. The average molecular weight is 487 g/mol. The first-order valence-corrected chi connectivity index (χ1v) is 13.8. The van der Waals surface area contributed by atoms with Crippen LogP contribution in [-0.4, -0.2) is 45.7 Å². The van der Waals surface area contributed by atoms with Crippen molar-refractivity contribution in [3.8, 4) is 0 Å². The number of hydrogen-bond acceptors (Lipinski definition) is 5. The third-order valence-corrected chi connectivity index (χ3v) is 12.0. The van der Waals surface area contributed by atoms with Gasteiger partial charge in [-0.15, -0.1) is 0 Å². The van der Waals surface area contributed by atoms with E-state index in [1.807, 2.05) is 13.8 Å². The first-order chi connectivity index (χ1) is 16.0. The molecule has 196 valence electrons. The van der Waals surface area contributed by atoms with Crippen LogP contribution in [0.15, 0.2) is 11.1 Å². The number of rotatable bonds is 4. The van der Waals surface area contributed by atoms with E-state index in [2.05, 4.69) is 41.5 Å². The second-order valence-corrected chi connectivity index (χ2v) is 14.6. The molecule has 9 atom stereocenters. The SMILES string of the molecule is CC(CC(O)C1OC1(C)C)C1=C2CC(O)[C@H]3[C@@]4(C)CCC(=O)C(C)(C)[C@@H]4CC[C@]3(C)[C@@]2(C)CC1=O. The Balaban J connectivity index is 1.51. The molecular weight excluding hydrogens is 440 g/mol. The number of hydrogen-bond donors (Lipinski definition) is 2. The molecule has 35 heavy (non-hydrogen) atoms. The highest BCUT2D eigenvalue weighted by Crippen LogP contribution is 2.73. The molecule has 4 aliphatic carbocycles. The summed E-state index contributed by atoms with van der Waals surface area (Å²) in [4.78, 5) is 26.5. The Morgan fingerprint density at radius 3 is 2.29 bits per heavy atom. The van der Waals surface area contributed by atoms with Crippen LogP contribution < -0.4 is 0 Å². The van der Waals surface area contributed by atoms with E-state index in [1.54, 1.807) is 0 Å². The Morgan fingerprint density at radius 2 is 1.69 bits per heavy atom. The van der Waals surface area contributed by atoms with Crippen molar-refractivity contribution in [3.05, 3.63) is 11.1 Å². The zero-order valence-corrected chi connectivity index (χ0v) is 23.0. The molecule has 0 aromatic heterocycles. The van der Waals surface area contributed by atoms with Crippen LogP contribution >= 0.6 is 0 Å². The van der Waals surface area contributed by atoms with Crippen LogP contribution in [0.25, 0.3) is 0 Å². The van der Waals surface area contributed by atoms with Gasteiger partial charge in [0.25, 0.3) is 0 Å². The zero-order chi connectivity index (χ0) is 25.9. The van der Waals surface area contributed by atoms with E-state index in [0.717, 1.165) is 30.4 Å². The molecule has 0 spiro atoms. The average Bonchev–Trinajstić information content (AvgIpc) is 3.28. The molecule has 0 aromatic rings. The number of aliphatic hydroxyl groups excluding tert-OH is 2. The molecular formula is C30H46O5. The van der Waals surface area contributed by atoms with Gasteiger partial charge in [0.05, 0.1) is 17.8 Å². The van der Waals surface area contributed by atoms with Crippen molar-refractivity contribution < 1.29 is 24.5 Å². The number of aliphatic hydroxyl groups is 2. The minimum absolute atomic E-state index is 0.0589. The molecule has 0 aromatic carbocycles. The van der Waals surface area contributed by atoms with E-state index in [9.17, 15) is 19.8 Å². The number of ether oxygens (including phenoxy) is 1. The molecule has 0 bridgehead atoms. The maximum absolute atomic E-state index is 13.6. The summed E-state index contributed by atoms with van der Waals surface area (Å²) in [6.07, 6.45) is 3.52. The van der Waals surface area contributed by atoms with Gasteiger partial charge in [-0.2, -0.15) is 0 Å². The number of allylic oxidation sites excluding steroid dienone is 1. The quantitative estimate of drug-likeness (QED) is 0.545. The lowest BCUT2D eigenvalue weighted by Crippen LogP contribution is -2.65. The van der Waals surface area contributed by atoms with Crippen LogP contribution in [0.3, 0.4) is 0 Å². The molecule has 5 heteroatoms. The predicted molar refractivity (Wildman–Crippen MR) is 135 cm³/mol. The highest BCUT2D eigenvalue weighted by Gasteiger charge is 2.70. The Morgan fingerprint density at radius 1 is 1.06 bits per heavy atom. The third-order valence-electron chi connectivity index (χ3n) is 12.0. The normalized spacial score (nSPS) is 47.6. The van der Waals surface area contributed by atoms with Crippen molar-refractivity contribution in [1.82, 2.24) is 0 Å². The van der Waals surface area contributed by atoms with Crippen LogP contribution in [0.2, 0.25) is 0 Å². The lowest BCUT2D eigenvalue weighted by atomic mass is 9.36. The van der Waals surface area contributed by atoms with Gasteiger partial charge in [-0.25, -0.2) is 0 Å². The summed E-state index contributed by atoms with van der Waals surface area (Å²) in [7, 11) is 0. The van der Waals surface area contributed by atoms with Gasteiger partial charge in [-0.1, -0.05) is 47.1 Å². The van der Waals surface area contributed by atoms with Crippen molar-refractivity contribution in [2.24, 2.45) is 39.4 Å². The summed E-state index contributed by atoms with van der Waals surface area (Å²) in [6, 6.07) is 0. The van der Waals surface area contributed by atoms with E-state index in [0.29, 0.717) is 31.5 Å². The summed E-state index contributed by atoms with van der Waals surface area (Å²) < 4.78 is 5.66. The molecule has 1 saturated heterocycles. The van der Waals surface area contributed by atoms with Crippen molar-refractivity contribution in [2.75, 3.05) is 0 Å². The number of ketones is 2. The minimum Gasteiger partial charge on any atom is -0.392 e. The lowest BCUT2D eigenvalue weighted by Gasteiger charge is -2.68. The standard InChI is InChI=1S/C30H46O5/c1-16(13-19(32)25-27(4,5)35-25)23-17-14-18(31)24-28(6)11-10-22(34)26(2,3)21(28)9-12-29(24,7)30(17,8)15-20(23)33/h16,18-19,21,24-25,31-32H,9-15H2,1-8H3/t16?,18?,19?,21-,24-,25?,28-,29-,30-/m0/s1. The molecule has 0 amide bonds. The van der Waals surface area contributed by atoms with Gasteiger partial charge in [0.2, 0.25) is 0 Å². The van der Waals surface area contributed by atoms with E-state index in [-0.39, 0.29) is 56.9 Å². The molecule has 4 unspecified atom stereocenters. The molecule has 5 aliphatic rings. The molecule has 0 radical (unpaired) electrons. The Bertz CT molecular complexity index is 993. The van der Waals surface area contributed by atoms with E-state index >= 15 is 0 Å². The van der Waals surface area contributed by atoms with Crippen molar-refractivity contribution in [2.45, 2.75) is 124 Å². The van der Waals surface area contributed by atoms with Gasteiger partial charge in [0, 0.05) is 23.7 Å². The van der Waals surface area contributed by atoms with Crippen LogP contribution in [0.1, 0.15) is 100 Å². The molecule has 1 aliphatic heterocycles. The summed E-state index contributed by atoms with van der Waals surface area (Å²) in [6.45, 7) is 17.2. The topological polar surface area (TPSA) is 87.1 Å². The first-order valence-electron chi connectivity index (χ1n) is 13.8. The van der Waals surface area contributed by atoms with Gasteiger partial charge < -0.3 is 14.9 Å². The Kier molecular flexibility index (Phi) is 5.49. The second-order valence-electron chi connectivity index (χ2n) is 14.6. The Hall–Kier alpha value is -1.04. The number of epoxide rings is 1. The van der Waals surface area contributed by atoms with Gasteiger partial charge >= 0.3 is 0 Å². The van der Waals surface area contributed by atoms with Gasteiger partial charge in [0.1, 0.15) is 11.9 Å². The van der Waals surface area contributed by atoms with Crippen LogP contribution in [0.4, 0.5) is 0 Å². The Labute approximate surface area is 211 Å². The fraction of sp³-hybridized carbons (Fsp3) is 0.867. The van der Waals surface area contributed by atoms with Crippen molar-refractivity contribution in [1.29, 1.82) is 0 Å². The number of fused-ring (bicyclic) bond motifs is 5. The summed E-state index contributed by atoms with van der Waals surface area (Å²) >= 11 is 0. The zero-order valence-electron chi connectivity index (χ0n) is 23.0. The molecule has 5 rings (SSSR count). The smallest absolute Gasteiger partial charge is 0.160 e. The summed E-state index contributed by atoms with van der Waals surface area (Å²) in [5.41, 5.74) is 0.700. The fourth-order valence-corrected chi connectivity index (χ4v) is 9.98.